The van der Waals surface area contributed by atoms with Crippen LogP contribution in [-0.2, 0) is 9.59 Å². The van der Waals surface area contributed by atoms with E-state index in [-0.39, 0.29) is 23.8 Å². The maximum atomic E-state index is 12.2. The summed E-state index contributed by atoms with van der Waals surface area (Å²) >= 11 is 0. The van der Waals surface area contributed by atoms with Crippen molar-refractivity contribution in [3.63, 3.8) is 0 Å². The van der Waals surface area contributed by atoms with Crippen LogP contribution in [0.4, 0.5) is 0 Å². The average Bonchev–Trinajstić information content (AvgIpc) is 2.84. The topological polar surface area (TPSA) is 75.4 Å². The summed E-state index contributed by atoms with van der Waals surface area (Å²) < 4.78 is 0. The minimum atomic E-state index is -0.418. The van der Waals surface area contributed by atoms with E-state index in [1.807, 2.05) is 4.90 Å². The Hall–Kier alpha value is -1.10. The van der Waals surface area contributed by atoms with Crippen LogP contribution in [-0.4, -0.2) is 41.9 Å². The van der Waals surface area contributed by atoms with E-state index in [1.165, 1.54) is 6.42 Å². The van der Waals surface area contributed by atoms with Crippen LogP contribution in [0.3, 0.4) is 0 Å². The van der Waals surface area contributed by atoms with Gasteiger partial charge < -0.3 is 16.0 Å². The number of likely N-dealkylation sites (tertiary alicyclic amines) is 1. The highest BCUT2D eigenvalue weighted by atomic mass is 16.2. The lowest BCUT2D eigenvalue weighted by molar-refractivity contribution is -0.136. The molecule has 0 radical (unpaired) electrons. The first-order chi connectivity index (χ1) is 9.58. The molecule has 5 heteroatoms. The predicted octanol–water partition coefficient (Wildman–Crippen LogP) is 1.02. The Morgan fingerprint density at radius 1 is 1.20 bits per heavy atom. The Morgan fingerprint density at radius 3 is 2.50 bits per heavy atom. The Kier molecular flexibility index (Phi) is 5.40. The number of hydrogen-bond acceptors (Lipinski definition) is 3. The molecular formula is C15H27N3O2. The highest BCUT2D eigenvalue weighted by Crippen LogP contribution is 2.26. The van der Waals surface area contributed by atoms with Crippen LogP contribution in [0.15, 0.2) is 0 Å². The van der Waals surface area contributed by atoms with Gasteiger partial charge in [0.25, 0.3) is 0 Å². The highest BCUT2D eigenvalue weighted by Gasteiger charge is 2.28. The maximum absolute atomic E-state index is 12.2. The zero-order valence-electron chi connectivity index (χ0n) is 12.4. The number of carbonyl (C=O) groups excluding carboxylic acids is 2. The lowest BCUT2D eigenvalue weighted by Gasteiger charge is -2.29. The molecule has 1 aliphatic heterocycles. The second kappa shape index (κ2) is 7.07. The largest absolute Gasteiger partial charge is 0.345 e. The molecule has 20 heavy (non-hydrogen) atoms. The monoisotopic (exact) mass is 281 g/mol. The lowest BCUT2D eigenvalue weighted by Crippen LogP contribution is -2.49. The van der Waals surface area contributed by atoms with Crippen molar-refractivity contribution in [1.29, 1.82) is 0 Å². The van der Waals surface area contributed by atoms with Crippen molar-refractivity contribution in [2.45, 2.75) is 64.0 Å². The van der Waals surface area contributed by atoms with Gasteiger partial charge in [0.2, 0.25) is 11.8 Å². The molecule has 0 aromatic rings. The van der Waals surface area contributed by atoms with Gasteiger partial charge in [-0.2, -0.15) is 0 Å². The predicted molar refractivity (Wildman–Crippen MR) is 78.0 cm³/mol. The third-order valence-corrected chi connectivity index (χ3v) is 4.58. The number of nitrogens with two attached hydrogens (primary N) is 1. The van der Waals surface area contributed by atoms with E-state index < -0.39 is 6.04 Å². The SMILES string of the molecule is CC(NC(=O)C[C@@H]1CCC[C@H]1N)C(=O)N1CCCCC1. The molecule has 1 saturated heterocycles. The van der Waals surface area contributed by atoms with Gasteiger partial charge in [-0.15, -0.1) is 0 Å². The third kappa shape index (κ3) is 3.95. The molecule has 1 heterocycles. The minimum absolute atomic E-state index is 0.0368. The van der Waals surface area contributed by atoms with Crippen molar-refractivity contribution >= 4 is 11.8 Å². The third-order valence-electron chi connectivity index (χ3n) is 4.58. The number of rotatable bonds is 4. The van der Waals surface area contributed by atoms with E-state index in [2.05, 4.69) is 5.32 Å². The van der Waals surface area contributed by atoms with E-state index in [0.717, 1.165) is 45.2 Å². The summed E-state index contributed by atoms with van der Waals surface area (Å²) in [6, 6.07) is -0.271. The van der Waals surface area contributed by atoms with E-state index in [1.54, 1.807) is 6.92 Å². The summed E-state index contributed by atoms with van der Waals surface area (Å²) in [6.45, 7) is 3.43. The molecule has 0 aromatic heterocycles. The first-order valence-electron chi connectivity index (χ1n) is 7.91. The zero-order chi connectivity index (χ0) is 14.5. The van der Waals surface area contributed by atoms with Crippen LogP contribution < -0.4 is 11.1 Å². The fourth-order valence-electron chi connectivity index (χ4n) is 3.31. The normalized spacial score (nSPS) is 28.2. The summed E-state index contributed by atoms with van der Waals surface area (Å²) in [6.07, 6.45) is 6.96. The van der Waals surface area contributed by atoms with Crippen molar-refractivity contribution < 1.29 is 9.59 Å². The van der Waals surface area contributed by atoms with Gasteiger partial charge in [0.1, 0.15) is 6.04 Å². The van der Waals surface area contributed by atoms with Crippen LogP contribution in [0.1, 0.15) is 51.9 Å². The van der Waals surface area contributed by atoms with Crippen LogP contribution in [0.25, 0.3) is 0 Å². The van der Waals surface area contributed by atoms with Crippen molar-refractivity contribution in [2.24, 2.45) is 11.7 Å². The molecule has 114 valence electrons. The molecule has 3 atom stereocenters. The molecule has 0 aromatic carbocycles. The van der Waals surface area contributed by atoms with Gasteiger partial charge in [-0.05, 0) is 44.9 Å². The minimum Gasteiger partial charge on any atom is -0.345 e. The first-order valence-corrected chi connectivity index (χ1v) is 7.91. The molecule has 5 nitrogen and oxygen atoms in total. The van der Waals surface area contributed by atoms with E-state index in [9.17, 15) is 9.59 Å². The van der Waals surface area contributed by atoms with Crippen LogP contribution in [0.5, 0.6) is 0 Å². The molecule has 2 fully saturated rings. The Bertz CT molecular complexity index is 353. The van der Waals surface area contributed by atoms with E-state index in [0.29, 0.717) is 6.42 Å². The van der Waals surface area contributed by atoms with Gasteiger partial charge in [-0.3, -0.25) is 9.59 Å². The van der Waals surface area contributed by atoms with Gasteiger partial charge in [-0.25, -0.2) is 0 Å². The fourth-order valence-corrected chi connectivity index (χ4v) is 3.31. The molecular weight excluding hydrogens is 254 g/mol. The van der Waals surface area contributed by atoms with Crippen molar-refractivity contribution in [3.05, 3.63) is 0 Å². The first kappa shape index (κ1) is 15.3. The highest BCUT2D eigenvalue weighted by molar-refractivity contribution is 5.87. The van der Waals surface area contributed by atoms with E-state index >= 15 is 0 Å². The number of nitrogens with one attached hydrogen (secondary N) is 1. The fraction of sp³-hybridized carbons (Fsp3) is 0.867. The summed E-state index contributed by atoms with van der Waals surface area (Å²) in [5.41, 5.74) is 5.98. The Balaban J connectivity index is 1.76. The van der Waals surface area contributed by atoms with Gasteiger partial charge in [0.05, 0.1) is 0 Å². The standard InChI is InChI=1S/C15H27N3O2/c1-11(15(20)18-8-3-2-4-9-18)17-14(19)10-12-6-5-7-13(12)16/h11-13H,2-10,16H2,1H3,(H,17,19)/t11?,12-,13+/m0/s1. The maximum Gasteiger partial charge on any atom is 0.244 e. The van der Waals surface area contributed by atoms with Crippen LogP contribution >= 0.6 is 0 Å². The second-order valence-electron chi connectivity index (χ2n) is 6.23. The molecule has 1 aliphatic carbocycles. The molecule has 1 saturated carbocycles. The molecule has 2 amide bonds. The summed E-state index contributed by atoms with van der Waals surface area (Å²) in [5.74, 6) is 0.297. The Labute approximate surface area is 121 Å². The number of carbonyl (C=O) groups is 2. The van der Waals surface area contributed by atoms with Gasteiger partial charge in [0.15, 0.2) is 0 Å². The van der Waals surface area contributed by atoms with Crippen LogP contribution in [0.2, 0.25) is 0 Å². The molecule has 0 bridgehead atoms. The number of piperidine rings is 1. The van der Waals surface area contributed by atoms with Crippen LogP contribution in [0, 0.1) is 5.92 Å². The molecule has 3 N–H and O–H groups in total. The summed E-state index contributed by atoms with van der Waals surface area (Å²) in [4.78, 5) is 26.1. The van der Waals surface area contributed by atoms with Gasteiger partial charge in [0, 0.05) is 25.6 Å². The smallest absolute Gasteiger partial charge is 0.244 e. The van der Waals surface area contributed by atoms with Gasteiger partial charge >= 0.3 is 0 Å². The zero-order valence-corrected chi connectivity index (χ0v) is 12.4. The second-order valence-corrected chi connectivity index (χ2v) is 6.23. The Morgan fingerprint density at radius 2 is 1.90 bits per heavy atom. The average molecular weight is 281 g/mol. The van der Waals surface area contributed by atoms with Crippen molar-refractivity contribution in [1.82, 2.24) is 10.2 Å². The quantitative estimate of drug-likeness (QED) is 0.808. The number of nitrogens with zero attached hydrogens (tertiary/aromatic N) is 1. The molecule has 1 unspecified atom stereocenters. The molecule has 2 aliphatic rings. The summed E-state index contributed by atoms with van der Waals surface area (Å²) in [7, 11) is 0. The van der Waals surface area contributed by atoms with Crippen molar-refractivity contribution in [2.75, 3.05) is 13.1 Å². The molecule has 0 spiro atoms. The molecule has 2 rings (SSSR count). The lowest BCUT2D eigenvalue weighted by atomic mass is 9.99. The number of hydrogen-bond donors (Lipinski definition) is 2. The number of amides is 2. The van der Waals surface area contributed by atoms with E-state index in [4.69, 9.17) is 5.73 Å². The van der Waals surface area contributed by atoms with Crippen molar-refractivity contribution in [3.8, 4) is 0 Å². The summed E-state index contributed by atoms with van der Waals surface area (Å²) in [5, 5.41) is 2.84. The van der Waals surface area contributed by atoms with Gasteiger partial charge in [-0.1, -0.05) is 6.42 Å².